The lowest BCUT2D eigenvalue weighted by atomic mass is 9.89. The molecule has 19 heteroatoms. The highest BCUT2D eigenvalue weighted by Gasteiger charge is 2.59. The number of nitrogens with two attached hydrogens (primary N) is 1. The largest absolute Gasteiger partial charge is 0.491 e. The van der Waals surface area contributed by atoms with Crippen molar-refractivity contribution < 1.29 is 43.0 Å². The van der Waals surface area contributed by atoms with E-state index in [4.69, 9.17) is 19.9 Å². The van der Waals surface area contributed by atoms with Gasteiger partial charge in [0.2, 0.25) is 23.6 Å². The molecular weight excluding hydrogens is 885 g/mol. The highest BCUT2D eigenvalue weighted by molar-refractivity contribution is 6.31. The summed E-state index contributed by atoms with van der Waals surface area (Å²) in [5.74, 6) is -3.83. The van der Waals surface area contributed by atoms with Gasteiger partial charge in [0.1, 0.15) is 24.5 Å². The number of piperidine rings is 1. The first kappa shape index (κ1) is 42.8. The van der Waals surface area contributed by atoms with E-state index in [1.54, 1.807) is 35.9 Å². The lowest BCUT2D eigenvalue weighted by molar-refractivity contribution is -0.311. The average Bonchev–Trinajstić information content (AvgIpc) is 4.15. The van der Waals surface area contributed by atoms with Crippen LogP contribution >= 0.6 is 0 Å². The molecule has 5 atom stereocenters. The fraction of sp³-hybridized carbons (Fsp3) is 0.360. The molecule has 5 aliphatic rings. The number of ether oxygens (including phenoxy) is 3. The van der Waals surface area contributed by atoms with E-state index in [2.05, 4.69) is 42.2 Å². The van der Waals surface area contributed by atoms with E-state index in [0.29, 0.717) is 37.9 Å². The van der Waals surface area contributed by atoms with Gasteiger partial charge in [0, 0.05) is 67.7 Å². The molecule has 4 N–H and O–H groups in total. The Morgan fingerprint density at radius 1 is 0.928 bits per heavy atom. The number of fused-ring (bicyclic) bond motifs is 14. The number of hydrogen-bond acceptors (Lipinski definition) is 12. The van der Waals surface area contributed by atoms with Crippen molar-refractivity contribution in [3.63, 3.8) is 0 Å². The zero-order valence-corrected chi connectivity index (χ0v) is 38.1. The first-order valence-electron chi connectivity index (χ1n) is 23.3. The Kier molecular flexibility index (Phi) is 9.64. The number of rotatable bonds is 12. The Bertz CT molecular complexity index is 3430. The van der Waals surface area contributed by atoms with Crippen LogP contribution in [0.5, 0.6) is 5.75 Å². The van der Waals surface area contributed by atoms with Gasteiger partial charge in [-0.2, -0.15) is 0 Å². The summed E-state index contributed by atoms with van der Waals surface area (Å²) in [4.78, 5) is 81.7. The fourth-order valence-corrected chi connectivity index (χ4v) is 11.9. The summed E-state index contributed by atoms with van der Waals surface area (Å²) in [6.45, 7) is 2.79. The van der Waals surface area contributed by atoms with Crippen molar-refractivity contribution in [2.45, 2.75) is 94.7 Å². The maximum atomic E-state index is 14.3. The summed E-state index contributed by atoms with van der Waals surface area (Å²) >= 11 is 0. The van der Waals surface area contributed by atoms with Crippen LogP contribution in [0.25, 0.3) is 43.6 Å². The monoisotopic (exact) mass is 932 g/mol. The molecule has 352 valence electrons. The predicted octanol–water partition coefficient (Wildman–Crippen LogP) is 4.15. The number of carbonyl (C=O) groups excluding carboxylic acids is 6. The van der Waals surface area contributed by atoms with Gasteiger partial charge in [0.05, 0.1) is 57.0 Å². The minimum atomic E-state index is -1.46. The van der Waals surface area contributed by atoms with E-state index in [1.807, 2.05) is 49.5 Å². The zero-order chi connectivity index (χ0) is 47.7. The molecule has 8 heterocycles. The van der Waals surface area contributed by atoms with E-state index in [9.17, 15) is 28.8 Å². The molecule has 6 amide bonds. The second-order valence-corrected chi connectivity index (χ2v) is 18.8. The van der Waals surface area contributed by atoms with Gasteiger partial charge in [-0.15, -0.1) is 5.10 Å². The van der Waals surface area contributed by atoms with Crippen molar-refractivity contribution in [1.82, 2.24) is 44.6 Å². The van der Waals surface area contributed by atoms with Crippen LogP contribution in [-0.4, -0.2) is 108 Å². The van der Waals surface area contributed by atoms with E-state index >= 15 is 0 Å². The molecule has 0 saturated carbocycles. The first-order valence-corrected chi connectivity index (χ1v) is 23.3. The Morgan fingerprint density at radius 2 is 1.67 bits per heavy atom. The molecular formula is C50H48N10O9. The highest BCUT2D eigenvalue weighted by atomic mass is 16.6. The summed E-state index contributed by atoms with van der Waals surface area (Å²) in [5.41, 5.74) is 12.4. The molecule has 2 saturated heterocycles. The van der Waals surface area contributed by atoms with Gasteiger partial charge in [0.25, 0.3) is 17.7 Å². The number of aryl methyl sites for hydroxylation is 1. The van der Waals surface area contributed by atoms with E-state index in [0.717, 1.165) is 59.8 Å². The van der Waals surface area contributed by atoms with Crippen molar-refractivity contribution in [1.29, 1.82) is 0 Å². The summed E-state index contributed by atoms with van der Waals surface area (Å²) in [7, 11) is 3.45. The topological polar surface area (TPSA) is 227 Å². The van der Waals surface area contributed by atoms with Crippen molar-refractivity contribution in [3.05, 3.63) is 101 Å². The van der Waals surface area contributed by atoms with Crippen LogP contribution < -0.4 is 21.1 Å². The van der Waals surface area contributed by atoms with Crippen LogP contribution in [-0.2, 0) is 54.9 Å². The smallest absolute Gasteiger partial charge is 0.266 e. The Labute approximate surface area is 393 Å². The molecule has 0 spiro atoms. The minimum absolute atomic E-state index is 0.0263. The molecule has 5 aliphatic heterocycles. The third kappa shape index (κ3) is 6.15. The Hall–Kier alpha value is -7.48. The third-order valence-corrected chi connectivity index (χ3v) is 14.9. The standard InChI is InChI=1S/C50H48N10O9/c1-49-44(67-3)34(23-50(51,69-49)60-32-16-8-6-13-28(32)40-41-30(24-52-46(41)64)38-27-12-5-7-15-31(27)59(49)42(38)43(40)60)56(2)37(62)18-9-4-11-26-25-57(55-54-26)21-22-68-35-17-10-14-29-39(35)48(66)58(47(29)65)33-19-20-36(61)53-45(33)63/h5-8,10,12-17,25,33-34,44H,4,9,11,18-24,51H2,1-3H3,(H,52,64)(H,53,61,63)/t33?,34-,44-,49+,50+/m1/s1. The molecule has 69 heavy (non-hydrogen) atoms. The first-order chi connectivity index (χ1) is 33.3. The van der Waals surface area contributed by atoms with Crippen molar-refractivity contribution >= 4 is 79.1 Å². The summed E-state index contributed by atoms with van der Waals surface area (Å²) in [5, 5.41) is 17.6. The number of imide groups is 2. The molecule has 0 radical (unpaired) electrons. The molecule has 2 bridgehead atoms. The number of aromatic nitrogens is 5. The molecule has 3 aromatic heterocycles. The number of para-hydroxylation sites is 2. The quantitative estimate of drug-likeness (QED) is 0.116. The fourth-order valence-electron chi connectivity index (χ4n) is 11.9. The number of nitrogens with one attached hydrogen (secondary N) is 2. The van der Waals surface area contributed by atoms with E-state index in [-0.39, 0.29) is 61.0 Å². The van der Waals surface area contributed by atoms with Gasteiger partial charge in [-0.1, -0.05) is 47.7 Å². The maximum absolute atomic E-state index is 14.3. The molecule has 2 fully saturated rings. The lowest BCUT2D eigenvalue weighted by Crippen LogP contribution is -2.68. The minimum Gasteiger partial charge on any atom is -0.491 e. The number of nitrogens with zero attached hydrogens (tertiary/aromatic N) is 7. The predicted molar refractivity (Wildman–Crippen MR) is 249 cm³/mol. The zero-order valence-electron chi connectivity index (χ0n) is 38.1. The number of benzene rings is 4. The van der Waals surface area contributed by atoms with E-state index in [1.165, 1.54) is 6.07 Å². The molecule has 12 rings (SSSR count). The highest BCUT2D eigenvalue weighted by Crippen LogP contribution is 2.55. The van der Waals surface area contributed by atoms with Gasteiger partial charge < -0.3 is 29.0 Å². The Balaban J connectivity index is 0.742. The SMILES string of the molecule is CO[C@@H]1[C@H](N(C)C(=O)CCCCc2cn(CCOc3cccc4c3C(=O)N(C3CCC(=O)NC3=O)C4=O)nn2)C[C@@]2(N)O[C@]1(C)n1c3ccccc3c3c4c(c5c6ccccc6n2c5c31)C(=O)NC4. The van der Waals surface area contributed by atoms with E-state index < -0.39 is 53.4 Å². The van der Waals surface area contributed by atoms with Crippen LogP contribution in [0.4, 0.5) is 0 Å². The van der Waals surface area contributed by atoms with Crippen molar-refractivity contribution in [3.8, 4) is 5.75 Å². The van der Waals surface area contributed by atoms with Gasteiger partial charge >= 0.3 is 0 Å². The van der Waals surface area contributed by atoms with Crippen LogP contribution in [0.1, 0.15) is 87.8 Å². The van der Waals surface area contributed by atoms with Gasteiger partial charge in [-0.25, -0.2) is 4.68 Å². The summed E-state index contributed by atoms with van der Waals surface area (Å²) in [6, 6.07) is 19.2. The van der Waals surface area contributed by atoms with Crippen LogP contribution in [0.15, 0.2) is 72.9 Å². The van der Waals surface area contributed by atoms with Gasteiger partial charge in [-0.3, -0.25) is 49.3 Å². The van der Waals surface area contributed by atoms with Crippen LogP contribution in [0.2, 0.25) is 0 Å². The molecule has 4 aromatic carbocycles. The van der Waals surface area contributed by atoms with Gasteiger partial charge in [0.15, 0.2) is 5.72 Å². The van der Waals surface area contributed by atoms with Gasteiger partial charge in [-0.05, 0) is 62.4 Å². The number of unbranched alkanes of at least 4 members (excludes halogenated alkanes) is 1. The Morgan fingerprint density at radius 3 is 2.43 bits per heavy atom. The third-order valence-electron chi connectivity index (χ3n) is 14.9. The second-order valence-electron chi connectivity index (χ2n) is 18.8. The number of amides is 6. The summed E-state index contributed by atoms with van der Waals surface area (Å²) < 4.78 is 25.6. The number of hydrogen-bond donors (Lipinski definition) is 3. The number of likely N-dealkylation sites (N-methyl/N-ethyl adjacent to an activating group) is 1. The molecule has 1 unspecified atom stereocenters. The summed E-state index contributed by atoms with van der Waals surface area (Å²) in [6.07, 6.45) is 3.53. The average molecular weight is 933 g/mol. The van der Waals surface area contributed by atoms with Crippen molar-refractivity contribution in [2.75, 3.05) is 20.8 Å². The number of methoxy groups -OCH3 is 1. The second kappa shape index (κ2) is 15.5. The van der Waals surface area contributed by atoms with Crippen LogP contribution in [0, 0.1) is 0 Å². The van der Waals surface area contributed by atoms with Crippen molar-refractivity contribution in [2.24, 2.45) is 5.73 Å². The molecule has 19 nitrogen and oxygen atoms in total. The normalized spacial score (nSPS) is 23.9. The molecule has 7 aromatic rings. The number of carbonyl (C=O) groups is 6. The molecule has 0 aliphatic carbocycles. The maximum Gasteiger partial charge on any atom is 0.266 e. The van der Waals surface area contributed by atoms with Crippen LogP contribution in [0.3, 0.4) is 0 Å². The lowest BCUT2D eigenvalue weighted by Gasteiger charge is -2.54.